The fourth-order valence-corrected chi connectivity index (χ4v) is 4.26. The van der Waals surface area contributed by atoms with Crippen molar-refractivity contribution in [3.8, 4) is 0 Å². The molecule has 2 atom stereocenters. The molecule has 1 saturated heterocycles. The van der Waals surface area contributed by atoms with Gasteiger partial charge in [-0.05, 0) is 12.8 Å². The van der Waals surface area contributed by atoms with Crippen molar-refractivity contribution in [2.45, 2.75) is 31.9 Å². The summed E-state index contributed by atoms with van der Waals surface area (Å²) < 4.78 is 5.60. The average Bonchev–Trinajstić information content (AvgIpc) is 3.34. The molecule has 152 valence electrons. The summed E-state index contributed by atoms with van der Waals surface area (Å²) >= 11 is 7.36. The van der Waals surface area contributed by atoms with Crippen molar-refractivity contribution in [2.75, 3.05) is 32.1 Å². The number of imidazole rings is 1. The first-order chi connectivity index (χ1) is 13.5. The number of halogens is 1. The summed E-state index contributed by atoms with van der Waals surface area (Å²) in [6, 6.07) is -0.166. The maximum absolute atomic E-state index is 12.5. The van der Waals surface area contributed by atoms with Crippen LogP contribution < -0.4 is 15.5 Å². The molecule has 2 aromatic heterocycles. The van der Waals surface area contributed by atoms with Crippen molar-refractivity contribution in [2.24, 2.45) is 0 Å². The summed E-state index contributed by atoms with van der Waals surface area (Å²) in [5.74, 6) is -0.259. The van der Waals surface area contributed by atoms with Gasteiger partial charge in [0.2, 0.25) is 0 Å². The van der Waals surface area contributed by atoms with Crippen LogP contribution in [0.1, 0.15) is 39.3 Å². The molecule has 2 amide bonds. The molecule has 0 saturated carbocycles. The van der Waals surface area contributed by atoms with E-state index in [0.717, 1.165) is 10.8 Å². The fraction of sp³-hybridized carbons (Fsp3) is 0.529. The van der Waals surface area contributed by atoms with Crippen LogP contribution in [-0.2, 0) is 11.2 Å². The number of ether oxygens (including phenoxy) is 1. The predicted octanol–water partition coefficient (Wildman–Crippen LogP) is 1.47. The number of thiazole rings is 1. The Bertz CT molecular complexity index is 854. The van der Waals surface area contributed by atoms with Gasteiger partial charge >= 0.3 is 0 Å². The zero-order chi connectivity index (χ0) is 20.3. The van der Waals surface area contributed by atoms with Gasteiger partial charge in [-0.25, -0.2) is 9.97 Å². The number of methoxy groups -OCH3 is 1. The van der Waals surface area contributed by atoms with Gasteiger partial charge in [0.25, 0.3) is 11.8 Å². The molecule has 9 nitrogen and oxygen atoms in total. The minimum Gasteiger partial charge on any atom is -0.377 e. The first-order valence-corrected chi connectivity index (χ1v) is 10.2. The lowest BCUT2D eigenvalue weighted by Crippen LogP contribution is -2.55. The standard InChI is InChI=1S/C17H23ClN6O3S/c1-4-9-13(18)23-14(21-9)16(26)22-10-5-6-24(8-11(10)27-3)17-20-7-12(28-17)15(25)19-2/h7,10-11H,4-6,8H2,1-3H3,(H,19,25)(H,21,23)(H,22,26). The van der Waals surface area contributed by atoms with Gasteiger partial charge in [0.1, 0.15) is 4.88 Å². The molecule has 0 aliphatic carbocycles. The van der Waals surface area contributed by atoms with Gasteiger partial charge in [-0.2, -0.15) is 0 Å². The topological polar surface area (TPSA) is 112 Å². The van der Waals surface area contributed by atoms with E-state index in [4.69, 9.17) is 16.3 Å². The van der Waals surface area contributed by atoms with Crippen LogP contribution in [0.3, 0.4) is 0 Å². The third-order valence-electron chi connectivity index (χ3n) is 4.69. The molecule has 0 radical (unpaired) electrons. The Hall–Kier alpha value is -2.17. The second-order valence-electron chi connectivity index (χ2n) is 6.38. The van der Waals surface area contributed by atoms with E-state index in [2.05, 4.69) is 30.5 Å². The Morgan fingerprint density at radius 1 is 1.46 bits per heavy atom. The summed E-state index contributed by atoms with van der Waals surface area (Å²) in [4.78, 5) is 38.3. The van der Waals surface area contributed by atoms with Crippen LogP contribution in [0.4, 0.5) is 5.13 Å². The summed E-state index contributed by atoms with van der Waals surface area (Å²) in [5, 5.41) is 6.66. The number of piperidine rings is 1. The van der Waals surface area contributed by atoms with Crippen molar-refractivity contribution in [1.29, 1.82) is 0 Å². The minimum atomic E-state index is -0.307. The predicted molar refractivity (Wildman–Crippen MR) is 107 cm³/mol. The molecule has 0 aromatic carbocycles. The Morgan fingerprint density at radius 3 is 2.89 bits per heavy atom. The molecule has 0 spiro atoms. The van der Waals surface area contributed by atoms with Crippen molar-refractivity contribution in [3.63, 3.8) is 0 Å². The highest BCUT2D eigenvalue weighted by Crippen LogP contribution is 2.26. The quantitative estimate of drug-likeness (QED) is 0.644. The maximum atomic E-state index is 12.5. The summed E-state index contributed by atoms with van der Waals surface area (Å²) in [7, 11) is 3.20. The first-order valence-electron chi connectivity index (χ1n) is 8.97. The van der Waals surface area contributed by atoms with E-state index in [-0.39, 0.29) is 29.8 Å². The van der Waals surface area contributed by atoms with Gasteiger partial charge < -0.3 is 25.3 Å². The monoisotopic (exact) mass is 426 g/mol. The first kappa shape index (κ1) is 20.6. The molecule has 11 heteroatoms. The Morgan fingerprint density at radius 2 is 2.25 bits per heavy atom. The highest BCUT2D eigenvalue weighted by Gasteiger charge is 2.32. The zero-order valence-corrected chi connectivity index (χ0v) is 17.5. The largest absolute Gasteiger partial charge is 0.377 e. The van der Waals surface area contributed by atoms with Gasteiger partial charge in [-0.1, -0.05) is 29.9 Å². The van der Waals surface area contributed by atoms with Crippen LogP contribution >= 0.6 is 22.9 Å². The van der Waals surface area contributed by atoms with Crippen LogP contribution in [0.2, 0.25) is 5.15 Å². The number of aromatic amines is 1. The number of carbonyl (C=O) groups is 2. The van der Waals surface area contributed by atoms with Crippen molar-refractivity contribution >= 4 is 39.9 Å². The molecule has 3 rings (SSSR count). The molecule has 2 aromatic rings. The lowest BCUT2D eigenvalue weighted by Gasteiger charge is -2.37. The number of aryl methyl sites for hydroxylation is 1. The normalized spacial score (nSPS) is 19.5. The van der Waals surface area contributed by atoms with E-state index in [0.29, 0.717) is 36.0 Å². The Kier molecular flexibility index (Phi) is 6.53. The number of rotatable bonds is 6. The second kappa shape index (κ2) is 8.89. The van der Waals surface area contributed by atoms with Gasteiger partial charge in [0.15, 0.2) is 16.1 Å². The number of anilines is 1. The van der Waals surface area contributed by atoms with E-state index < -0.39 is 0 Å². The molecule has 1 aliphatic rings. The third kappa shape index (κ3) is 4.29. The third-order valence-corrected chi connectivity index (χ3v) is 6.06. The van der Waals surface area contributed by atoms with Crippen LogP contribution in [-0.4, -0.2) is 66.2 Å². The maximum Gasteiger partial charge on any atom is 0.287 e. The van der Waals surface area contributed by atoms with Crippen molar-refractivity contribution < 1.29 is 14.3 Å². The van der Waals surface area contributed by atoms with Crippen LogP contribution in [0.25, 0.3) is 0 Å². The molecule has 3 heterocycles. The van der Waals surface area contributed by atoms with E-state index in [1.165, 1.54) is 11.3 Å². The van der Waals surface area contributed by atoms with Gasteiger partial charge in [0.05, 0.1) is 24.0 Å². The number of H-pyrrole nitrogens is 1. The van der Waals surface area contributed by atoms with E-state index >= 15 is 0 Å². The van der Waals surface area contributed by atoms with Gasteiger partial charge in [-0.15, -0.1) is 0 Å². The number of amides is 2. The summed E-state index contributed by atoms with van der Waals surface area (Å²) in [5.41, 5.74) is 0.737. The van der Waals surface area contributed by atoms with Crippen LogP contribution in [0, 0.1) is 0 Å². The Labute approximate surface area is 171 Å². The molecule has 0 bridgehead atoms. The molecular formula is C17H23ClN6O3S. The molecule has 3 N–H and O–H groups in total. The van der Waals surface area contributed by atoms with E-state index in [1.807, 2.05) is 6.92 Å². The summed E-state index contributed by atoms with van der Waals surface area (Å²) in [6.07, 6.45) is 2.69. The minimum absolute atomic E-state index is 0.155. The fourth-order valence-electron chi connectivity index (χ4n) is 3.10. The van der Waals surface area contributed by atoms with Gasteiger partial charge in [0, 0.05) is 27.2 Å². The summed E-state index contributed by atoms with van der Waals surface area (Å²) in [6.45, 7) is 3.18. The molecule has 1 aliphatic heterocycles. The lowest BCUT2D eigenvalue weighted by atomic mass is 10.0. The van der Waals surface area contributed by atoms with Crippen LogP contribution in [0.15, 0.2) is 6.20 Å². The molecule has 2 unspecified atom stereocenters. The second-order valence-corrected chi connectivity index (χ2v) is 7.75. The highest BCUT2D eigenvalue weighted by molar-refractivity contribution is 7.17. The van der Waals surface area contributed by atoms with Crippen molar-refractivity contribution in [1.82, 2.24) is 25.6 Å². The number of hydrogen-bond acceptors (Lipinski definition) is 7. The molecular weight excluding hydrogens is 404 g/mol. The number of hydrogen-bond donors (Lipinski definition) is 3. The van der Waals surface area contributed by atoms with E-state index in [1.54, 1.807) is 20.4 Å². The average molecular weight is 427 g/mol. The Balaban J connectivity index is 1.64. The smallest absolute Gasteiger partial charge is 0.287 e. The molecule has 28 heavy (non-hydrogen) atoms. The number of carbonyl (C=O) groups excluding carboxylic acids is 2. The van der Waals surface area contributed by atoms with E-state index in [9.17, 15) is 9.59 Å². The lowest BCUT2D eigenvalue weighted by molar-refractivity contribution is 0.0538. The van der Waals surface area contributed by atoms with Crippen molar-refractivity contribution in [3.05, 3.63) is 27.7 Å². The SMILES string of the molecule is CCc1[nH]c(C(=O)NC2CCN(c3ncc(C(=O)NC)s3)CC2OC)nc1Cl. The van der Waals surface area contributed by atoms with Gasteiger partial charge in [-0.3, -0.25) is 9.59 Å². The van der Waals surface area contributed by atoms with Crippen LogP contribution in [0.5, 0.6) is 0 Å². The molecule has 1 fully saturated rings. The number of aromatic nitrogens is 3. The number of nitrogens with one attached hydrogen (secondary N) is 3. The zero-order valence-electron chi connectivity index (χ0n) is 15.9. The number of nitrogens with zero attached hydrogens (tertiary/aromatic N) is 3. The highest BCUT2D eigenvalue weighted by atomic mass is 35.5.